The number of fused-ring (bicyclic) bond motifs is 1. The Balaban J connectivity index is 2.59. The van der Waals surface area contributed by atoms with Gasteiger partial charge < -0.3 is 4.90 Å². The van der Waals surface area contributed by atoms with E-state index >= 15 is 0 Å². The monoisotopic (exact) mass is 240 g/mol. The largest absolute Gasteiger partial charge is 0.418 e. The van der Waals surface area contributed by atoms with E-state index in [0.29, 0.717) is 12.2 Å². The van der Waals surface area contributed by atoms with E-state index in [-0.39, 0.29) is 5.56 Å². The highest BCUT2D eigenvalue weighted by molar-refractivity contribution is 5.82. The van der Waals surface area contributed by atoms with Crippen LogP contribution in [0.1, 0.15) is 12.5 Å². The Labute approximate surface area is 97.1 Å². The summed E-state index contributed by atoms with van der Waals surface area (Å²) in [6, 6.07) is 6.26. The highest BCUT2D eigenvalue weighted by atomic mass is 19.4. The number of benzene rings is 1. The van der Waals surface area contributed by atoms with Crippen molar-refractivity contribution in [3.63, 3.8) is 0 Å². The molecular weight excluding hydrogens is 229 g/mol. The van der Waals surface area contributed by atoms with Crippen LogP contribution in [-0.4, -0.2) is 24.0 Å². The number of para-hydroxylation sites is 1. The van der Waals surface area contributed by atoms with Crippen LogP contribution in [0.15, 0.2) is 35.5 Å². The fraction of sp³-hybridized carbons (Fsp3) is 0.250. The average Bonchev–Trinajstić information content (AvgIpc) is 2.47. The first-order chi connectivity index (χ1) is 8.02. The second-order valence-electron chi connectivity index (χ2n) is 3.63. The standard InChI is InChI=1S/C12H11F3N2/c1-2-17-7-10(12(13,14)15)9-5-3-4-6-11(9)16-8-17/h3-8H,2H2,1H3. The van der Waals surface area contributed by atoms with Gasteiger partial charge in [-0.1, -0.05) is 18.2 Å². The predicted octanol–water partition coefficient (Wildman–Crippen LogP) is 3.59. The Bertz CT molecular complexity index is 475. The molecule has 0 saturated heterocycles. The fourth-order valence-corrected chi connectivity index (χ4v) is 1.62. The smallest absolute Gasteiger partial charge is 0.339 e. The van der Waals surface area contributed by atoms with Gasteiger partial charge in [-0.2, -0.15) is 13.2 Å². The summed E-state index contributed by atoms with van der Waals surface area (Å²) < 4.78 is 38.9. The van der Waals surface area contributed by atoms with Crippen molar-refractivity contribution in [1.82, 2.24) is 4.90 Å². The number of halogens is 3. The number of alkyl halides is 3. The molecule has 0 amide bonds. The molecule has 0 N–H and O–H groups in total. The van der Waals surface area contributed by atoms with Crippen molar-refractivity contribution < 1.29 is 13.2 Å². The molecule has 0 radical (unpaired) electrons. The van der Waals surface area contributed by atoms with Gasteiger partial charge in [-0.05, 0) is 13.0 Å². The van der Waals surface area contributed by atoms with Crippen LogP contribution in [0.2, 0.25) is 0 Å². The maximum Gasteiger partial charge on any atom is 0.418 e. The van der Waals surface area contributed by atoms with E-state index in [2.05, 4.69) is 4.99 Å². The first-order valence-corrected chi connectivity index (χ1v) is 5.20. The fourth-order valence-electron chi connectivity index (χ4n) is 1.62. The molecule has 0 aliphatic carbocycles. The molecule has 1 aliphatic rings. The van der Waals surface area contributed by atoms with Crippen molar-refractivity contribution in [2.24, 2.45) is 4.99 Å². The first kappa shape index (κ1) is 11.7. The van der Waals surface area contributed by atoms with Crippen LogP contribution in [0.4, 0.5) is 18.9 Å². The van der Waals surface area contributed by atoms with Crippen LogP contribution >= 0.6 is 0 Å². The van der Waals surface area contributed by atoms with Crippen LogP contribution in [-0.2, 0) is 0 Å². The third-order valence-electron chi connectivity index (χ3n) is 2.50. The van der Waals surface area contributed by atoms with Gasteiger partial charge in [0.25, 0.3) is 0 Å². The Morgan fingerprint density at radius 1 is 1.24 bits per heavy atom. The minimum absolute atomic E-state index is 0.118. The number of hydrogen-bond acceptors (Lipinski definition) is 2. The predicted molar refractivity (Wildman–Crippen MR) is 61.0 cm³/mol. The van der Waals surface area contributed by atoms with Crippen molar-refractivity contribution in [1.29, 1.82) is 0 Å². The lowest BCUT2D eigenvalue weighted by molar-refractivity contribution is -0.0693. The van der Waals surface area contributed by atoms with E-state index in [9.17, 15) is 13.2 Å². The highest BCUT2D eigenvalue weighted by Gasteiger charge is 2.36. The molecule has 1 heterocycles. The van der Waals surface area contributed by atoms with E-state index in [0.717, 1.165) is 6.20 Å². The summed E-state index contributed by atoms with van der Waals surface area (Å²) in [5, 5.41) is 0. The summed E-state index contributed by atoms with van der Waals surface area (Å²) in [5.41, 5.74) is -0.202. The van der Waals surface area contributed by atoms with E-state index in [1.165, 1.54) is 17.3 Å². The van der Waals surface area contributed by atoms with Crippen LogP contribution in [0.5, 0.6) is 0 Å². The Kier molecular flexibility index (Phi) is 2.92. The lowest BCUT2D eigenvalue weighted by Gasteiger charge is -2.15. The molecule has 1 aliphatic heterocycles. The van der Waals surface area contributed by atoms with Gasteiger partial charge in [0.15, 0.2) is 0 Å². The second kappa shape index (κ2) is 4.24. The van der Waals surface area contributed by atoms with Crippen molar-refractivity contribution in [3.05, 3.63) is 36.0 Å². The molecule has 90 valence electrons. The maximum atomic E-state index is 13.0. The molecule has 17 heavy (non-hydrogen) atoms. The lowest BCUT2D eigenvalue weighted by Crippen LogP contribution is -2.18. The molecule has 2 rings (SSSR count). The Morgan fingerprint density at radius 2 is 1.94 bits per heavy atom. The van der Waals surface area contributed by atoms with Gasteiger partial charge in [-0.25, -0.2) is 4.99 Å². The third-order valence-corrected chi connectivity index (χ3v) is 2.50. The minimum atomic E-state index is -4.38. The molecule has 0 saturated carbocycles. The number of hydrogen-bond donors (Lipinski definition) is 0. The summed E-state index contributed by atoms with van der Waals surface area (Å²) in [6.45, 7) is 2.21. The van der Waals surface area contributed by atoms with Crippen LogP contribution in [0, 0.1) is 0 Å². The van der Waals surface area contributed by atoms with Gasteiger partial charge >= 0.3 is 6.18 Å². The van der Waals surface area contributed by atoms with E-state index < -0.39 is 11.7 Å². The van der Waals surface area contributed by atoms with Crippen LogP contribution < -0.4 is 0 Å². The summed E-state index contributed by atoms with van der Waals surface area (Å²) in [7, 11) is 0. The van der Waals surface area contributed by atoms with Crippen LogP contribution in [0.3, 0.4) is 0 Å². The lowest BCUT2D eigenvalue weighted by atomic mass is 10.0. The van der Waals surface area contributed by atoms with E-state index in [4.69, 9.17) is 0 Å². The average molecular weight is 240 g/mol. The molecule has 0 unspecified atom stereocenters. The second-order valence-corrected chi connectivity index (χ2v) is 3.63. The van der Waals surface area contributed by atoms with Gasteiger partial charge in [0.05, 0.1) is 17.6 Å². The molecule has 0 bridgehead atoms. The molecule has 1 aromatic rings. The Morgan fingerprint density at radius 3 is 2.59 bits per heavy atom. The van der Waals surface area contributed by atoms with Gasteiger partial charge in [-0.3, -0.25) is 0 Å². The topological polar surface area (TPSA) is 15.6 Å². The number of allylic oxidation sites excluding steroid dienone is 1. The SMILES string of the molecule is CCN1C=Nc2ccccc2C(C(F)(F)F)=C1. The van der Waals surface area contributed by atoms with Crippen molar-refractivity contribution in [3.8, 4) is 0 Å². The normalized spacial score (nSPS) is 15.3. The zero-order valence-corrected chi connectivity index (χ0v) is 9.20. The van der Waals surface area contributed by atoms with E-state index in [1.54, 1.807) is 25.1 Å². The number of rotatable bonds is 1. The molecule has 0 atom stereocenters. The highest BCUT2D eigenvalue weighted by Crippen LogP contribution is 2.39. The molecule has 0 fully saturated rings. The number of nitrogens with zero attached hydrogens (tertiary/aromatic N) is 2. The van der Waals surface area contributed by atoms with Crippen molar-refractivity contribution in [2.45, 2.75) is 13.1 Å². The van der Waals surface area contributed by atoms with Crippen LogP contribution in [0.25, 0.3) is 5.57 Å². The van der Waals surface area contributed by atoms with Gasteiger partial charge in [-0.15, -0.1) is 0 Å². The zero-order chi connectivity index (χ0) is 12.5. The van der Waals surface area contributed by atoms with Gasteiger partial charge in [0.1, 0.15) is 0 Å². The molecule has 0 aromatic heterocycles. The van der Waals surface area contributed by atoms with E-state index in [1.807, 2.05) is 0 Å². The molecule has 2 nitrogen and oxygen atoms in total. The maximum absolute atomic E-state index is 13.0. The zero-order valence-electron chi connectivity index (χ0n) is 9.20. The quantitative estimate of drug-likeness (QED) is 0.732. The molecule has 5 heteroatoms. The summed E-state index contributed by atoms with van der Waals surface area (Å²) in [4.78, 5) is 5.47. The molecular formula is C12H11F3N2. The summed E-state index contributed by atoms with van der Waals surface area (Å²) in [5.74, 6) is 0. The number of aliphatic imine (C=N–C) groups is 1. The molecule has 0 spiro atoms. The van der Waals surface area contributed by atoms with Gasteiger partial charge in [0, 0.05) is 18.3 Å². The first-order valence-electron chi connectivity index (χ1n) is 5.20. The summed E-state index contributed by atoms with van der Waals surface area (Å²) >= 11 is 0. The Hall–Kier alpha value is -1.78. The molecule has 1 aromatic carbocycles. The summed E-state index contributed by atoms with van der Waals surface area (Å²) in [6.07, 6.45) is -1.87. The van der Waals surface area contributed by atoms with Crippen molar-refractivity contribution in [2.75, 3.05) is 6.54 Å². The third kappa shape index (κ3) is 2.33. The van der Waals surface area contributed by atoms with Crippen molar-refractivity contribution >= 4 is 17.6 Å². The minimum Gasteiger partial charge on any atom is -0.339 e. The van der Waals surface area contributed by atoms with Gasteiger partial charge in [0.2, 0.25) is 0 Å².